The maximum atomic E-state index is 12.2. The summed E-state index contributed by atoms with van der Waals surface area (Å²) < 4.78 is 25.9. The van der Waals surface area contributed by atoms with Crippen molar-refractivity contribution in [2.75, 3.05) is 28.2 Å². The largest absolute Gasteiger partial charge is 0.351 e. The lowest BCUT2D eigenvalue weighted by Crippen LogP contribution is -2.37. The Morgan fingerprint density at radius 2 is 1.96 bits per heavy atom. The van der Waals surface area contributed by atoms with Gasteiger partial charge in [-0.2, -0.15) is 0 Å². The number of thiophene rings is 1. The highest BCUT2D eigenvalue weighted by atomic mass is 35.5. The molecule has 0 aliphatic rings. The van der Waals surface area contributed by atoms with Crippen molar-refractivity contribution in [2.45, 2.75) is 17.3 Å². The Labute approximate surface area is 164 Å². The molecule has 9 heteroatoms. The van der Waals surface area contributed by atoms with Gasteiger partial charge in [0.25, 0.3) is 10.0 Å². The van der Waals surface area contributed by atoms with Gasteiger partial charge < -0.3 is 10.2 Å². The predicted molar refractivity (Wildman–Crippen MR) is 108 cm³/mol. The van der Waals surface area contributed by atoms with Gasteiger partial charge in [-0.25, -0.2) is 12.7 Å². The molecule has 0 aliphatic heterocycles. The fraction of sp³-hybridized carbons (Fsp3) is 0.353. The SMILES string of the molecule is CN=C(NCc1ccc(S(=O)(=O)N(C)C)s1)N(C)Cc1cccc(Cl)c1. The first-order chi connectivity index (χ1) is 12.2. The molecular weight excluding hydrogens is 392 g/mol. The van der Waals surface area contributed by atoms with Crippen LogP contribution in [0.5, 0.6) is 0 Å². The Balaban J connectivity index is 2.00. The van der Waals surface area contributed by atoms with Crippen molar-refractivity contribution in [1.29, 1.82) is 0 Å². The van der Waals surface area contributed by atoms with Gasteiger partial charge in [-0.05, 0) is 29.8 Å². The second-order valence-electron chi connectivity index (χ2n) is 5.89. The van der Waals surface area contributed by atoms with Gasteiger partial charge in [0, 0.05) is 44.6 Å². The van der Waals surface area contributed by atoms with E-state index >= 15 is 0 Å². The average Bonchev–Trinajstić information content (AvgIpc) is 3.05. The molecule has 0 unspecified atom stereocenters. The fourth-order valence-corrected chi connectivity index (χ4v) is 4.98. The number of aliphatic imine (C=N–C) groups is 1. The van der Waals surface area contributed by atoms with Crippen LogP contribution < -0.4 is 5.32 Å². The van der Waals surface area contributed by atoms with Crippen LogP contribution in [0.3, 0.4) is 0 Å². The average molecular weight is 415 g/mol. The first-order valence-corrected chi connectivity index (χ1v) is 10.5. The summed E-state index contributed by atoms with van der Waals surface area (Å²) in [5.74, 6) is 0.718. The number of hydrogen-bond acceptors (Lipinski definition) is 4. The Morgan fingerprint density at radius 3 is 2.58 bits per heavy atom. The van der Waals surface area contributed by atoms with Crippen LogP contribution in [-0.4, -0.2) is 51.8 Å². The van der Waals surface area contributed by atoms with Crippen molar-refractivity contribution in [3.8, 4) is 0 Å². The molecule has 1 aromatic carbocycles. The highest BCUT2D eigenvalue weighted by molar-refractivity contribution is 7.91. The Bertz CT molecular complexity index is 878. The van der Waals surface area contributed by atoms with Gasteiger partial charge in [0.05, 0.1) is 6.54 Å². The van der Waals surface area contributed by atoms with Crippen LogP contribution in [0.15, 0.2) is 45.6 Å². The zero-order valence-corrected chi connectivity index (χ0v) is 17.6. The van der Waals surface area contributed by atoms with Crippen molar-refractivity contribution in [3.63, 3.8) is 0 Å². The minimum absolute atomic E-state index is 0.335. The maximum Gasteiger partial charge on any atom is 0.252 e. The van der Waals surface area contributed by atoms with Gasteiger partial charge in [0.1, 0.15) is 4.21 Å². The molecule has 142 valence electrons. The zero-order chi connectivity index (χ0) is 19.3. The third-order valence-electron chi connectivity index (χ3n) is 3.67. The standard InChI is InChI=1S/C17H23ClN4O2S2/c1-19-17(22(4)12-13-6-5-7-14(18)10-13)20-11-15-8-9-16(25-15)26(23,24)21(2)3/h5-10H,11-12H2,1-4H3,(H,19,20). The van der Waals surface area contributed by atoms with Crippen molar-refractivity contribution in [3.05, 3.63) is 51.9 Å². The van der Waals surface area contributed by atoms with E-state index in [2.05, 4.69) is 10.3 Å². The molecule has 26 heavy (non-hydrogen) atoms. The van der Waals surface area contributed by atoms with E-state index in [1.807, 2.05) is 42.3 Å². The summed E-state index contributed by atoms with van der Waals surface area (Å²) in [5, 5.41) is 3.96. The zero-order valence-electron chi connectivity index (χ0n) is 15.2. The summed E-state index contributed by atoms with van der Waals surface area (Å²) in [4.78, 5) is 7.18. The molecule has 0 aliphatic carbocycles. The van der Waals surface area contributed by atoms with E-state index in [1.54, 1.807) is 13.1 Å². The lowest BCUT2D eigenvalue weighted by molar-refractivity contribution is 0.477. The lowest BCUT2D eigenvalue weighted by atomic mass is 10.2. The van der Waals surface area contributed by atoms with E-state index in [9.17, 15) is 8.42 Å². The summed E-state index contributed by atoms with van der Waals surface area (Å²) in [6.45, 7) is 1.16. The molecule has 2 aromatic rings. The Hall–Kier alpha value is -1.61. The number of nitrogens with zero attached hydrogens (tertiary/aromatic N) is 3. The normalized spacial score (nSPS) is 12.5. The van der Waals surface area contributed by atoms with E-state index < -0.39 is 10.0 Å². The van der Waals surface area contributed by atoms with Gasteiger partial charge in [0.15, 0.2) is 5.96 Å². The van der Waals surface area contributed by atoms with Crippen molar-refractivity contribution >= 4 is 38.9 Å². The molecule has 6 nitrogen and oxygen atoms in total. The predicted octanol–water partition coefficient (Wildman–Crippen LogP) is 2.86. The molecule has 1 heterocycles. The topological polar surface area (TPSA) is 65.0 Å². The van der Waals surface area contributed by atoms with Gasteiger partial charge in [-0.1, -0.05) is 23.7 Å². The molecule has 0 radical (unpaired) electrons. The molecule has 0 saturated carbocycles. The van der Waals surface area contributed by atoms with E-state index in [4.69, 9.17) is 11.6 Å². The second kappa shape index (κ2) is 8.85. The summed E-state index contributed by atoms with van der Waals surface area (Å²) in [6.07, 6.45) is 0. The van der Waals surface area contributed by atoms with E-state index in [-0.39, 0.29) is 0 Å². The third kappa shape index (κ3) is 5.20. The molecule has 0 bridgehead atoms. The second-order valence-corrected chi connectivity index (χ2v) is 9.88. The summed E-state index contributed by atoms with van der Waals surface area (Å²) in [7, 11) is 3.32. The van der Waals surface area contributed by atoms with Gasteiger partial charge in [0.2, 0.25) is 0 Å². The van der Waals surface area contributed by atoms with Gasteiger partial charge >= 0.3 is 0 Å². The van der Waals surface area contributed by atoms with E-state index in [0.29, 0.717) is 22.3 Å². The molecule has 0 spiro atoms. The third-order valence-corrected chi connectivity index (χ3v) is 7.28. The van der Waals surface area contributed by atoms with E-state index in [0.717, 1.165) is 16.4 Å². The molecule has 0 amide bonds. The molecular formula is C17H23ClN4O2S2. The van der Waals surface area contributed by atoms with Gasteiger partial charge in [-0.3, -0.25) is 4.99 Å². The number of nitrogens with one attached hydrogen (secondary N) is 1. The summed E-state index contributed by atoms with van der Waals surface area (Å²) in [6, 6.07) is 11.1. The lowest BCUT2D eigenvalue weighted by Gasteiger charge is -2.22. The maximum absolute atomic E-state index is 12.2. The van der Waals surface area contributed by atoms with Crippen LogP contribution >= 0.6 is 22.9 Å². The quantitative estimate of drug-likeness (QED) is 0.583. The van der Waals surface area contributed by atoms with Crippen molar-refractivity contribution < 1.29 is 8.42 Å². The van der Waals surface area contributed by atoms with Crippen LogP contribution in [0.1, 0.15) is 10.4 Å². The fourth-order valence-electron chi connectivity index (χ4n) is 2.31. The van der Waals surface area contributed by atoms with Gasteiger partial charge in [-0.15, -0.1) is 11.3 Å². The first kappa shape index (κ1) is 20.7. The summed E-state index contributed by atoms with van der Waals surface area (Å²) >= 11 is 7.28. The molecule has 0 atom stereocenters. The van der Waals surface area contributed by atoms with E-state index in [1.165, 1.54) is 29.7 Å². The summed E-state index contributed by atoms with van der Waals surface area (Å²) in [5.41, 5.74) is 1.08. The first-order valence-electron chi connectivity index (χ1n) is 7.91. The highest BCUT2D eigenvalue weighted by Crippen LogP contribution is 2.23. The van der Waals surface area contributed by atoms with Crippen LogP contribution in [0.2, 0.25) is 5.02 Å². The van der Waals surface area contributed by atoms with Crippen molar-refractivity contribution in [1.82, 2.24) is 14.5 Å². The number of halogens is 1. The minimum atomic E-state index is -3.39. The number of rotatable bonds is 6. The Morgan fingerprint density at radius 1 is 1.23 bits per heavy atom. The number of guanidine groups is 1. The van der Waals surface area contributed by atoms with Crippen LogP contribution in [-0.2, 0) is 23.1 Å². The Kier molecular flexibility index (Phi) is 7.05. The molecule has 1 aromatic heterocycles. The van der Waals surface area contributed by atoms with Crippen LogP contribution in [0.25, 0.3) is 0 Å². The molecule has 0 fully saturated rings. The number of sulfonamides is 1. The highest BCUT2D eigenvalue weighted by Gasteiger charge is 2.19. The monoisotopic (exact) mass is 414 g/mol. The molecule has 2 rings (SSSR count). The molecule has 0 saturated heterocycles. The molecule has 1 N–H and O–H groups in total. The van der Waals surface area contributed by atoms with Crippen LogP contribution in [0, 0.1) is 0 Å². The number of hydrogen-bond donors (Lipinski definition) is 1. The van der Waals surface area contributed by atoms with Crippen LogP contribution in [0.4, 0.5) is 0 Å². The smallest absolute Gasteiger partial charge is 0.252 e. The number of benzene rings is 1. The van der Waals surface area contributed by atoms with Crippen molar-refractivity contribution in [2.24, 2.45) is 4.99 Å². The minimum Gasteiger partial charge on any atom is -0.351 e.